The van der Waals surface area contributed by atoms with E-state index in [0.717, 1.165) is 5.76 Å². The van der Waals surface area contributed by atoms with Crippen LogP contribution in [0.1, 0.15) is 13.8 Å². The Balaban J connectivity index is 2.43. The van der Waals surface area contributed by atoms with E-state index in [1.54, 1.807) is 0 Å². The molecule has 0 fully saturated rings. The zero-order valence-electron chi connectivity index (χ0n) is 8.08. The molecule has 0 amide bonds. The van der Waals surface area contributed by atoms with Crippen molar-refractivity contribution in [2.45, 2.75) is 13.8 Å². The first kappa shape index (κ1) is 8.36. The van der Waals surface area contributed by atoms with Crippen LogP contribution in [0.5, 0.6) is 0 Å². The fourth-order valence-electron chi connectivity index (χ4n) is 1.53. The SMILES string of the molecule is CC1(C)C=CC=C2C=CCOC2=C1. The lowest BCUT2D eigenvalue weighted by Crippen LogP contribution is -2.07. The van der Waals surface area contributed by atoms with Crippen molar-refractivity contribution in [2.24, 2.45) is 5.41 Å². The Bertz CT molecular complexity index is 327. The summed E-state index contributed by atoms with van der Waals surface area (Å²) in [6, 6.07) is 0. The van der Waals surface area contributed by atoms with Gasteiger partial charge in [0.2, 0.25) is 0 Å². The first-order valence-electron chi connectivity index (χ1n) is 4.59. The highest BCUT2D eigenvalue weighted by molar-refractivity contribution is 5.44. The van der Waals surface area contributed by atoms with Gasteiger partial charge in [-0.25, -0.2) is 0 Å². The molecule has 0 saturated carbocycles. The molecule has 68 valence electrons. The summed E-state index contributed by atoms with van der Waals surface area (Å²) in [4.78, 5) is 0. The summed E-state index contributed by atoms with van der Waals surface area (Å²) in [5.41, 5.74) is 1.27. The van der Waals surface area contributed by atoms with Crippen molar-refractivity contribution in [2.75, 3.05) is 6.61 Å². The maximum Gasteiger partial charge on any atom is 0.123 e. The first-order chi connectivity index (χ1) is 6.17. The molecule has 1 heteroatoms. The van der Waals surface area contributed by atoms with Gasteiger partial charge in [-0.15, -0.1) is 0 Å². The Labute approximate surface area is 79.1 Å². The van der Waals surface area contributed by atoms with Crippen molar-refractivity contribution in [1.82, 2.24) is 0 Å². The Hall–Kier alpha value is -1.24. The average molecular weight is 174 g/mol. The molecular weight excluding hydrogens is 160 g/mol. The summed E-state index contributed by atoms with van der Waals surface area (Å²) in [5, 5.41) is 0. The van der Waals surface area contributed by atoms with Crippen LogP contribution in [0.15, 0.2) is 47.8 Å². The van der Waals surface area contributed by atoms with E-state index in [4.69, 9.17) is 4.74 Å². The second kappa shape index (κ2) is 2.91. The molecule has 0 N–H and O–H groups in total. The molecule has 1 heterocycles. The molecular formula is C12H14O. The summed E-state index contributed by atoms with van der Waals surface area (Å²) in [5.74, 6) is 1.01. The zero-order valence-corrected chi connectivity index (χ0v) is 8.08. The van der Waals surface area contributed by atoms with E-state index in [1.807, 2.05) is 6.08 Å². The minimum Gasteiger partial charge on any atom is -0.489 e. The zero-order chi connectivity index (χ0) is 9.31. The highest BCUT2D eigenvalue weighted by Gasteiger charge is 2.17. The van der Waals surface area contributed by atoms with Gasteiger partial charge in [0.1, 0.15) is 12.4 Å². The minimum atomic E-state index is 0.0960. The van der Waals surface area contributed by atoms with Crippen LogP contribution in [0.3, 0.4) is 0 Å². The Morgan fingerprint density at radius 3 is 3.08 bits per heavy atom. The summed E-state index contributed by atoms with van der Waals surface area (Å²) < 4.78 is 5.56. The number of allylic oxidation sites excluding steroid dienone is 5. The Morgan fingerprint density at radius 1 is 1.38 bits per heavy atom. The summed E-state index contributed by atoms with van der Waals surface area (Å²) in [6.45, 7) is 5.04. The molecule has 0 aromatic rings. The molecule has 0 aromatic heterocycles. The smallest absolute Gasteiger partial charge is 0.123 e. The molecule has 0 radical (unpaired) electrons. The lowest BCUT2D eigenvalue weighted by Gasteiger charge is -2.18. The van der Waals surface area contributed by atoms with Gasteiger partial charge in [0.05, 0.1) is 0 Å². The van der Waals surface area contributed by atoms with E-state index in [9.17, 15) is 0 Å². The highest BCUT2D eigenvalue weighted by Crippen LogP contribution is 2.29. The second-order valence-corrected chi connectivity index (χ2v) is 4.02. The molecule has 0 saturated heterocycles. The number of hydrogen-bond acceptors (Lipinski definition) is 1. The van der Waals surface area contributed by atoms with E-state index in [1.165, 1.54) is 5.57 Å². The molecule has 0 aromatic carbocycles. The molecule has 13 heavy (non-hydrogen) atoms. The largest absolute Gasteiger partial charge is 0.489 e. The Kier molecular flexibility index (Phi) is 1.87. The van der Waals surface area contributed by atoms with Crippen molar-refractivity contribution < 1.29 is 4.74 Å². The van der Waals surface area contributed by atoms with Crippen molar-refractivity contribution in [1.29, 1.82) is 0 Å². The second-order valence-electron chi connectivity index (χ2n) is 4.02. The van der Waals surface area contributed by atoms with Gasteiger partial charge < -0.3 is 4.74 Å². The normalized spacial score (nSPS) is 23.8. The molecule has 1 aliphatic carbocycles. The molecule has 0 atom stereocenters. The monoisotopic (exact) mass is 174 g/mol. The van der Waals surface area contributed by atoms with Gasteiger partial charge >= 0.3 is 0 Å². The Morgan fingerprint density at radius 2 is 2.23 bits per heavy atom. The lowest BCUT2D eigenvalue weighted by atomic mass is 9.92. The molecule has 0 spiro atoms. The number of hydrogen-bond donors (Lipinski definition) is 0. The van der Waals surface area contributed by atoms with Gasteiger partial charge in [-0.05, 0) is 12.2 Å². The third-order valence-electron chi connectivity index (χ3n) is 2.22. The molecule has 1 aliphatic heterocycles. The van der Waals surface area contributed by atoms with E-state index in [-0.39, 0.29) is 5.41 Å². The number of fused-ring (bicyclic) bond motifs is 1. The van der Waals surface area contributed by atoms with Crippen LogP contribution in [0.4, 0.5) is 0 Å². The van der Waals surface area contributed by atoms with Crippen molar-refractivity contribution >= 4 is 0 Å². The molecule has 0 unspecified atom stereocenters. The highest BCUT2D eigenvalue weighted by atomic mass is 16.5. The van der Waals surface area contributed by atoms with Crippen LogP contribution in [-0.4, -0.2) is 6.61 Å². The fraction of sp³-hybridized carbons (Fsp3) is 0.333. The van der Waals surface area contributed by atoms with E-state index in [2.05, 4.69) is 44.2 Å². The van der Waals surface area contributed by atoms with Gasteiger partial charge in [0.25, 0.3) is 0 Å². The molecule has 2 aliphatic rings. The summed E-state index contributed by atoms with van der Waals surface area (Å²) in [6.07, 6.45) is 12.7. The molecule has 0 bridgehead atoms. The third-order valence-corrected chi connectivity index (χ3v) is 2.22. The predicted octanol–water partition coefficient (Wildman–Crippen LogP) is 2.98. The lowest BCUT2D eigenvalue weighted by molar-refractivity contribution is 0.247. The minimum absolute atomic E-state index is 0.0960. The topological polar surface area (TPSA) is 9.23 Å². The standard InChI is InChI=1S/C12H14O/c1-12(2)7-3-5-10-6-4-8-13-11(10)9-12/h3-7,9H,8H2,1-2H3. The first-order valence-corrected chi connectivity index (χ1v) is 4.59. The van der Waals surface area contributed by atoms with Crippen LogP contribution < -0.4 is 0 Å². The van der Waals surface area contributed by atoms with Crippen LogP contribution in [0.25, 0.3) is 0 Å². The van der Waals surface area contributed by atoms with Gasteiger partial charge in [0.15, 0.2) is 0 Å². The summed E-state index contributed by atoms with van der Waals surface area (Å²) in [7, 11) is 0. The van der Waals surface area contributed by atoms with E-state index >= 15 is 0 Å². The fourth-order valence-corrected chi connectivity index (χ4v) is 1.53. The van der Waals surface area contributed by atoms with Crippen LogP contribution >= 0.6 is 0 Å². The number of rotatable bonds is 0. The number of ether oxygens (including phenoxy) is 1. The van der Waals surface area contributed by atoms with Crippen LogP contribution in [0, 0.1) is 5.41 Å². The quantitative estimate of drug-likeness (QED) is 0.548. The predicted molar refractivity (Wildman–Crippen MR) is 54.2 cm³/mol. The maximum absolute atomic E-state index is 5.56. The van der Waals surface area contributed by atoms with Gasteiger partial charge in [-0.3, -0.25) is 0 Å². The molecule has 1 nitrogen and oxygen atoms in total. The van der Waals surface area contributed by atoms with E-state index in [0.29, 0.717) is 6.61 Å². The molecule has 2 rings (SSSR count). The van der Waals surface area contributed by atoms with Gasteiger partial charge in [-0.1, -0.05) is 38.2 Å². The van der Waals surface area contributed by atoms with Crippen LogP contribution in [0.2, 0.25) is 0 Å². The van der Waals surface area contributed by atoms with Gasteiger partial charge in [-0.2, -0.15) is 0 Å². The van der Waals surface area contributed by atoms with Crippen molar-refractivity contribution in [3.05, 3.63) is 47.8 Å². The van der Waals surface area contributed by atoms with Crippen molar-refractivity contribution in [3.63, 3.8) is 0 Å². The van der Waals surface area contributed by atoms with Crippen LogP contribution in [-0.2, 0) is 4.74 Å². The third kappa shape index (κ3) is 1.74. The van der Waals surface area contributed by atoms with E-state index < -0.39 is 0 Å². The van der Waals surface area contributed by atoms with Gasteiger partial charge in [0, 0.05) is 11.0 Å². The van der Waals surface area contributed by atoms with Crippen molar-refractivity contribution in [3.8, 4) is 0 Å². The summed E-state index contributed by atoms with van der Waals surface area (Å²) >= 11 is 0. The maximum atomic E-state index is 5.56. The average Bonchev–Trinajstić information content (AvgIpc) is 2.21.